The van der Waals surface area contributed by atoms with E-state index in [0.29, 0.717) is 19.8 Å². The number of hydrogen-bond donors (Lipinski definition) is 0. The summed E-state index contributed by atoms with van der Waals surface area (Å²) < 4.78 is 18.6. The van der Waals surface area contributed by atoms with Crippen LogP contribution in [0, 0.1) is 0 Å². The van der Waals surface area contributed by atoms with E-state index in [0.717, 1.165) is 22.5 Å². The van der Waals surface area contributed by atoms with Crippen molar-refractivity contribution in [3.63, 3.8) is 0 Å². The van der Waals surface area contributed by atoms with Crippen LogP contribution in [0.15, 0.2) is 48.9 Å². The first-order valence-corrected chi connectivity index (χ1v) is 10.6. The van der Waals surface area contributed by atoms with Gasteiger partial charge in [0.15, 0.2) is 11.2 Å². The molecule has 0 radical (unpaired) electrons. The molecule has 0 aliphatic carbocycles. The number of hydrogen-bond acceptors (Lipinski definition) is 6. The zero-order valence-electron chi connectivity index (χ0n) is 12.6. The zero-order chi connectivity index (χ0) is 16.4. The molecule has 0 atom stereocenters. The Morgan fingerprint density at radius 3 is 2.75 bits per heavy atom. The Morgan fingerprint density at radius 1 is 1.21 bits per heavy atom. The van der Waals surface area contributed by atoms with Crippen molar-refractivity contribution < 1.29 is 13.7 Å². The molecular formula is C16H14IN3O3S. The van der Waals surface area contributed by atoms with Crippen LogP contribution in [0.3, 0.4) is 0 Å². The van der Waals surface area contributed by atoms with Crippen molar-refractivity contribution in [3.8, 4) is 16.9 Å². The number of fused-ring (bicyclic) bond motifs is 1. The van der Waals surface area contributed by atoms with E-state index in [-0.39, 0.29) is 5.60 Å². The maximum Gasteiger partial charge on any atom is 0.180 e. The van der Waals surface area contributed by atoms with Crippen molar-refractivity contribution >= 4 is 36.1 Å². The van der Waals surface area contributed by atoms with Gasteiger partial charge in [-0.25, -0.2) is 9.50 Å². The lowest BCUT2D eigenvalue weighted by Crippen LogP contribution is -2.57. The number of aromatic nitrogens is 3. The van der Waals surface area contributed by atoms with E-state index in [2.05, 4.69) is 31.3 Å². The molecule has 0 bridgehead atoms. The molecule has 6 nitrogen and oxygen atoms in total. The van der Waals surface area contributed by atoms with Crippen LogP contribution < -0.4 is 4.74 Å². The van der Waals surface area contributed by atoms with Crippen LogP contribution in [0.25, 0.3) is 16.8 Å². The fourth-order valence-corrected chi connectivity index (χ4v) is 3.20. The quantitative estimate of drug-likeness (QED) is 0.419. The van der Waals surface area contributed by atoms with Crippen LogP contribution in [0.2, 0.25) is 0 Å². The van der Waals surface area contributed by atoms with Gasteiger partial charge in [0.25, 0.3) is 0 Å². The van der Waals surface area contributed by atoms with Gasteiger partial charge in [0.2, 0.25) is 0 Å². The normalized spacial score (nSPS) is 16.0. The highest BCUT2D eigenvalue weighted by atomic mass is 127. The minimum absolute atomic E-state index is 0.380. The molecule has 0 spiro atoms. The van der Waals surface area contributed by atoms with Crippen LogP contribution >= 0.6 is 30.4 Å². The van der Waals surface area contributed by atoms with Crippen molar-refractivity contribution in [1.29, 1.82) is 0 Å². The van der Waals surface area contributed by atoms with Gasteiger partial charge in [0.1, 0.15) is 12.4 Å². The van der Waals surface area contributed by atoms with E-state index in [1.807, 2.05) is 42.7 Å². The summed E-state index contributed by atoms with van der Waals surface area (Å²) in [5, 5.41) is 4.22. The smallest absolute Gasteiger partial charge is 0.180 e. The monoisotopic (exact) mass is 455 g/mol. The Bertz CT molecular complexity index is 836. The second-order valence-corrected chi connectivity index (χ2v) is 7.04. The Kier molecular flexibility index (Phi) is 4.61. The molecule has 1 aliphatic heterocycles. The van der Waals surface area contributed by atoms with Gasteiger partial charge in [-0.05, 0) is 17.7 Å². The summed E-state index contributed by atoms with van der Waals surface area (Å²) in [6.45, 7) is 1.60. The van der Waals surface area contributed by atoms with Crippen LogP contribution in [-0.2, 0) is 8.92 Å². The summed E-state index contributed by atoms with van der Waals surface area (Å²) in [7, 11) is 1.31. The van der Waals surface area contributed by atoms with Gasteiger partial charge in [0, 0.05) is 45.2 Å². The molecule has 0 amide bonds. The number of nitrogens with zero attached hydrogens (tertiary/aromatic N) is 3. The lowest BCUT2D eigenvalue weighted by molar-refractivity contribution is -0.174. The molecule has 0 N–H and O–H groups in total. The third-order valence-corrected chi connectivity index (χ3v) is 4.84. The lowest BCUT2D eigenvalue weighted by atomic mass is 10.0. The highest BCUT2D eigenvalue weighted by Gasteiger charge is 2.42. The first-order chi connectivity index (χ1) is 11.8. The van der Waals surface area contributed by atoms with Crippen molar-refractivity contribution in [1.82, 2.24) is 14.6 Å². The number of rotatable bonds is 6. The van der Waals surface area contributed by atoms with Gasteiger partial charge in [0.05, 0.1) is 28.6 Å². The minimum atomic E-state index is -0.380. The fourth-order valence-electron chi connectivity index (χ4n) is 2.56. The first-order valence-electron chi connectivity index (χ1n) is 7.35. The minimum Gasteiger partial charge on any atom is -0.480 e. The highest BCUT2D eigenvalue weighted by molar-refractivity contribution is 14.2. The maximum absolute atomic E-state index is 6.09. The Labute approximate surface area is 155 Å². The van der Waals surface area contributed by atoms with Gasteiger partial charge in [-0.15, -0.1) is 0 Å². The fraction of sp³-hybridized carbons (Fsp3) is 0.250. The van der Waals surface area contributed by atoms with Crippen molar-refractivity contribution in [2.45, 2.75) is 5.60 Å². The lowest BCUT2D eigenvalue weighted by Gasteiger charge is -2.40. The second kappa shape index (κ2) is 6.87. The van der Waals surface area contributed by atoms with E-state index in [4.69, 9.17) is 13.7 Å². The van der Waals surface area contributed by atoms with Crippen molar-refractivity contribution in [2.24, 2.45) is 0 Å². The Morgan fingerprint density at radius 2 is 2.04 bits per heavy atom. The van der Waals surface area contributed by atoms with Crippen LogP contribution in [-0.4, -0.2) is 40.0 Å². The molecular weight excluding hydrogens is 441 g/mol. The van der Waals surface area contributed by atoms with E-state index >= 15 is 0 Å². The van der Waals surface area contributed by atoms with Crippen molar-refractivity contribution in [2.75, 3.05) is 19.8 Å². The largest absolute Gasteiger partial charge is 0.480 e. The summed E-state index contributed by atoms with van der Waals surface area (Å²) >= 11 is 2.10. The molecule has 2 aromatic heterocycles. The number of halogens is 1. The summed E-state index contributed by atoms with van der Waals surface area (Å²) in [5.41, 5.74) is 2.52. The SMILES string of the molecule is ISOCC1(Oc2ccc(-c3cnc4ccnn4c3)cc2)COC1. The van der Waals surface area contributed by atoms with Gasteiger partial charge in [-0.3, -0.25) is 0 Å². The zero-order valence-corrected chi connectivity index (χ0v) is 15.6. The Hall–Kier alpha value is -1.36. The molecule has 24 heavy (non-hydrogen) atoms. The van der Waals surface area contributed by atoms with Gasteiger partial charge >= 0.3 is 0 Å². The average Bonchev–Trinajstić information content (AvgIpc) is 3.05. The molecule has 0 unspecified atom stereocenters. The predicted octanol–water partition coefficient (Wildman–Crippen LogP) is 3.56. The summed E-state index contributed by atoms with van der Waals surface area (Å²) in [6.07, 6.45) is 5.55. The molecule has 8 heteroatoms. The van der Waals surface area contributed by atoms with Crippen LogP contribution in [0.5, 0.6) is 5.75 Å². The molecule has 3 aromatic rings. The molecule has 1 aliphatic rings. The molecule has 1 aromatic carbocycles. The number of benzene rings is 1. The molecule has 4 rings (SSSR count). The van der Waals surface area contributed by atoms with Gasteiger partial charge in [-0.2, -0.15) is 5.10 Å². The summed E-state index contributed by atoms with van der Waals surface area (Å²) in [4.78, 5) is 4.39. The number of ether oxygens (including phenoxy) is 2. The molecule has 124 valence electrons. The summed E-state index contributed by atoms with van der Waals surface area (Å²) in [6, 6.07) is 9.82. The summed E-state index contributed by atoms with van der Waals surface area (Å²) in [5.74, 6) is 0.803. The van der Waals surface area contributed by atoms with Crippen molar-refractivity contribution in [3.05, 3.63) is 48.9 Å². The second-order valence-electron chi connectivity index (χ2n) is 5.60. The predicted molar refractivity (Wildman–Crippen MR) is 100 cm³/mol. The van der Waals surface area contributed by atoms with Crippen LogP contribution in [0.4, 0.5) is 0 Å². The molecule has 0 saturated carbocycles. The topological polar surface area (TPSA) is 57.9 Å². The first kappa shape index (κ1) is 16.1. The van der Waals surface area contributed by atoms with E-state index in [9.17, 15) is 0 Å². The third kappa shape index (κ3) is 3.23. The van der Waals surface area contributed by atoms with E-state index in [1.165, 1.54) is 9.21 Å². The van der Waals surface area contributed by atoms with Gasteiger partial charge < -0.3 is 13.7 Å². The Balaban J connectivity index is 1.51. The third-order valence-electron chi connectivity index (χ3n) is 3.87. The highest BCUT2D eigenvalue weighted by Crippen LogP contribution is 2.30. The average molecular weight is 455 g/mol. The van der Waals surface area contributed by atoms with E-state index < -0.39 is 0 Å². The van der Waals surface area contributed by atoms with E-state index in [1.54, 1.807) is 10.7 Å². The van der Waals surface area contributed by atoms with Gasteiger partial charge in [-0.1, -0.05) is 12.1 Å². The maximum atomic E-state index is 6.09. The molecule has 1 fully saturated rings. The van der Waals surface area contributed by atoms with Crippen LogP contribution in [0.1, 0.15) is 0 Å². The standard InChI is InChI=1S/C16H14IN3O3S/c17-24-22-11-16(9-21-10-16)23-14-3-1-12(2-4-14)13-7-18-15-5-6-19-20(15)8-13/h1-8H,9-11H2. The molecule has 3 heterocycles. The molecule has 1 saturated heterocycles.